The first-order valence-corrected chi connectivity index (χ1v) is 6.47. The van der Waals surface area contributed by atoms with Gasteiger partial charge in [-0.1, -0.05) is 32.0 Å². The molecule has 0 bridgehead atoms. The maximum atomic E-state index is 11.4. The summed E-state index contributed by atoms with van der Waals surface area (Å²) in [7, 11) is 0. The van der Waals surface area contributed by atoms with E-state index in [0.29, 0.717) is 17.9 Å². The lowest BCUT2D eigenvalue weighted by Crippen LogP contribution is -2.13. The van der Waals surface area contributed by atoms with E-state index in [1.807, 2.05) is 44.2 Å². The lowest BCUT2D eigenvalue weighted by atomic mass is 10.2. The van der Waals surface area contributed by atoms with E-state index < -0.39 is 6.09 Å². The first kappa shape index (κ1) is 14.0. The van der Waals surface area contributed by atoms with Crippen molar-refractivity contribution in [2.75, 3.05) is 6.61 Å². The van der Waals surface area contributed by atoms with Crippen molar-refractivity contribution in [1.29, 1.82) is 0 Å². The number of hydrogen-bond acceptors (Lipinski definition) is 3. The molecule has 0 atom stereocenters. The number of para-hydroxylation sites is 1. The second-order valence-electron chi connectivity index (χ2n) is 4.75. The van der Waals surface area contributed by atoms with Crippen molar-refractivity contribution in [1.82, 2.24) is 9.78 Å². The van der Waals surface area contributed by atoms with Gasteiger partial charge in [-0.25, -0.2) is 9.48 Å². The average Bonchev–Trinajstić information content (AvgIpc) is 2.47. The smallest absolute Gasteiger partial charge is 0.434 e. The van der Waals surface area contributed by atoms with Crippen LogP contribution in [0.15, 0.2) is 53.8 Å². The fourth-order valence-electron chi connectivity index (χ4n) is 1.53. The monoisotopic (exact) mass is 271 g/mol. The highest BCUT2D eigenvalue weighted by molar-refractivity contribution is 5.68. The Labute approximate surface area is 117 Å². The van der Waals surface area contributed by atoms with Crippen LogP contribution in [0.3, 0.4) is 0 Å². The SMILES string of the molecule is CC(C)COC(=O)N=c1ccn(-c2ccccc2)nc1. The molecule has 104 valence electrons. The van der Waals surface area contributed by atoms with Crippen LogP contribution < -0.4 is 5.36 Å². The molecule has 0 saturated carbocycles. The fraction of sp³-hybridized carbons (Fsp3) is 0.267. The van der Waals surface area contributed by atoms with Crippen LogP contribution in [-0.4, -0.2) is 22.5 Å². The highest BCUT2D eigenvalue weighted by atomic mass is 16.5. The van der Waals surface area contributed by atoms with Gasteiger partial charge in [-0.05, 0) is 24.1 Å². The Balaban J connectivity index is 2.10. The van der Waals surface area contributed by atoms with E-state index in [9.17, 15) is 4.79 Å². The van der Waals surface area contributed by atoms with Crippen LogP contribution in [0.5, 0.6) is 0 Å². The van der Waals surface area contributed by atoms with Crippen molar-refractivity contribution < 1.29 is 9.53 Å². The molecular weight excluding hydrogens is 254 g/mol. The third-order valence-electron chi connectivity index (χ3n) is 2.48. The standard InChI is InChI=1S/C15H17N3O2/c1-12(2)11-20-15(19)17-13-8-9-18(16-10-13)14-6-4-3-5-7-14/h3-10,12H,11H2,1-2H3. The number of aromatic nitrogens is 2. The van der Waals surface area contributed by atoms with Gasteiger partial charge in [-0.2, -0.15) is 10.1 Å². The Morgan fingerprint density at radius 3 is 2.65 bits per heavy atom. The molecule has 0 fully saturated rings. The predicted molar refractivity (Wildman–Crippen MR) is 75.3 cm³/mol. The Kier molecular flexibility index (Phi) is 4.65. The molecule has 0 spiro atoms. The molecule has 0 radical (unpaired) electrons. The van der Waals surface area contributed by atoms with Gasteiger partial charge in [-0.3, -0.25) is 0 Å². The van der Waals surface area contributed by atoms with Crippen molar-refractivity contribution in [3.63, 3.8) is 0 Å². The van der Waals surface area contributed by atoms with Crippen LogP contribution in [0.4, 0.5) is 4.79 Å². The Bertz CT molecular complexity index is 613. The highest BCUT2D eigenvalue weighted by Gasteiger charge is 2.01. The summed E-state index contributed by atoms with van der Waals surface area (Å²) in [5.41, 5.74) is 0.946. The lowest BCUT2D eigenvalue weighted by Gasteiger charge is -2.04. The minimum absolute atomic E-state index is 0.295. The summed E-state index contributed by atoms with van der Waals surface area (Å²) in [4.78, 5) is 15.3. The zero-order chi connectivity index (χ0) is 14.4. The summed E-state index contributed by atoms with van der Waals surface area (Å²) in [6, 6.07) is 11.4. The van der Waals surface area contributed by atoms with Crippen LogP contribution >= 0.6 is 0 Å². The Hall–Kier alpha value is -2.43. The summed E-state index contributed by atoms with van der Waals surface area (Å²) >= 11 is 0. The van der Waals surface area contributed by atoms with Gasteiger partial charge in [0.15, 0.2) is 0 Å². The third kappa shape index (κ3) is 4.05. The predicted octanol–water partition coefficient (Wildman–Crippen LogP) is 2.57. The molecule has 0 aliphatic heterocycles. The minimum atomic E-state index is -0.585. The summed E-state index contributed by atoms with van der Waals surface area (Å²) in [5.74, 6) is 0.295. The van der Waals surface area contributed by atoms with Gasteiger partial charge in [-0.15, -0.1) is 0 Å². The molecule has 1 amide bonds. The van der Waals surface area contributed by atoms with Crippen molar-refractivity contribution >= 4 is 6.09 Å². The van der Waals surface area contributed by atoms with E-state index >= 15 is 0 Å². The third-order valence-corrected chi connectivity index (χ3v) is 2.48. The average molecular weight is 271 g/mol. The number of carbonyl (C=O) groups excluding carboxylic acids is 1. The molecule has 0 aliphatic carbocycles. The quantitative estimate of drug-likeness (QED) is 0.862. The fourth-order valence-corrected chi connectivity index (χ4v) is 1.53. The molecule has 2 aromatic rings. The second-order valence-corrected chi connectivity index (χ2v) is 4.75. The van der Waals surface area contributed by atoms with Gasteiger partial charge in [0.25, 0.3) is 0 Å². The molecule has 0 saturated heterocycles. The Morgan fingerprint density at radius 1 is 1.30 bits per heavy atom. The number of ether oxygens (including phenoxy) is 1. The molecule has 0 aliphatic rings. The molecule has 0 unspecified atom stereocenters. The van der Waals surface area contributed by atoms with E-state index in [2.05, 4.69) is 10.1 Å². The van der Waals surface area contributed by atoms with Crippen LogP contribution in [-0.2, 0) is 4.74 Å². The number of carbonyl (C=O) groups is 1. The largest absolute Gasteiger partial charge is 0.448 e. The second kappa shape index (κ2) is 6.65. The summed E-state index contributed by atoms with van der Waals surface area (Å²) in [5, 5.41) is 4.69. The van der Waals surface area contributed by atoms with Crippen molar-refractivity contribution in [2.24, 2.45) is 10.9 Å². The Morgan fingerprint density at radius 2 is 2.05 bits per heavy atom. The van der Waals surface area contributed by atoms with E-state index in [0.717, 1.165) is 5.69 Å². The minimum Gasteiger partial charge on any atom is -0.448 e. The summed E-state index contributed by atoms with van der Waals surface area (Å²) < 4.78 is 6.69. The molecule has 2 rings (SSSR count). The number of benzene rings is 1. The zero-order valence-corrected chi connectivity index (χ0v) is 11.6. The first-order chi connectivity index (χ1) is 9.65. The van der Waals surface area contributed by atoms with E-state index in [4.69, 9.17) is 4.74 Å². The van der Waals surface area contributed by atoms with Gasteiger partial charge >= 0.3 is 6.09 Å². The number of amides is 1. The topological polar surface area (TPSA) is 56.5 Å². The number of rotatable bonds is 3. The van der Waals surface area contributed by atoms with Crippen molar-refractivity contribution in [3.05, 3.63) is 54.1 Å². The molecule has 20 heavy (non-hydrogen) atoms. The lowest BCUT2D eigenvalue weighted by molar-refractivity contribution is 0.142. The molecule has 0 N–H and O–H groups in total. The van der Waals surface area contributed by atoms with Crippen molar-refractivity contribution in [2.45, 2.75) is 13.8 Å². The number of nitrogens with zero attached hydrogens (tertiary/aromatic N) is 3. The van der Waals surface area contributed by atoms with Crippen molar-refractivity contribution in [3.8, 4) is 5.69 Å². The van der Waals surface area contributed by atoms with Gasteiger partial charge in [0.1, 0.15) is 0 Å². The van der Waals surface area contributed by atoms with Crippen LogP contribution in [0.1, 0.15) is 13.8 Å². The molecule has 1 aromatic carbocycles. The van der Waals surface area contributed by atoms with Crippen LogP contribution in [0.25, 0.3) is 5.69 Å². The molecule has 5 heteroatoms. The molecule has 5 nitrogen and oxygen atoms in total. The van der Waals surface area contributed by atoms with E-state index in [-0.39, 0.29) is 0 Å². The summed E-state index contributed by atoms with van der Waals surface area (Å²) in [6.45, 7) is 4.31. The molecule has 1 aromatic heterocycles. The molecule has 1 heterocycles. The maximum Gasteiger partial charge on any atom is 0.434 e. The maximum absolute atomic E-state index is 11.4. The van der Waals surface area contributed by atoms with Gasteiger partial charge in [0.2, 0.25) is 0 Å². The first-order valence-electron chi connectivity index (χ1n) is 6.47. The van der Waals surface area contributed by atoms with E-state index in [1.165, 1.54) is 6.20 Å². The highest BCUT2D eigenvalue weighted by Crippen LogP contribution is 2.02. The molecular formula is C15H17N3O2. The normalized spacial score (nSPS) is 11.7. The zero-order valence-electron chi connectivity index (χ0n) is 11.6. The van der Waals surface area contributed by atoms with Crippen LogP contribution in [0.2, 0.25) is 0 Å². The van der Waals surface area contributed by atoms with Gasteiger partial charge in [0.05, 0.1) is 23.8 Å². The van der Waals surface area contributed by atoms with Crippen LogP contribution in [0, 0.1) is 5.92 Å². The summed E-state index contributed by atoms with van der Waals surface area (Å²) in [6.07, 6.45) is 2.70. The number of hydrogen-bond donors (Lipinski definition) is 0. The van der Waals surface area contributed by atoms with E-state index in [1.54, 1.807) is 16.9 Å². The van der Waals surface area contributed by atoms with Gasteiger partial charge in [0, 0.05) is 6.20 Å². The van der Waals surface area contributed by atoms with Gasteiger partial charge < -0.3 is 4.74 Å².